The van der Waals surface area contributed by atoms with Crippen molar-refractivity contribution in [1.29, 1.82) is 0 Å². The zero-order chi connectivity index (χ0) is 9.54. The van der Waals surface area contributed by atoms with Crippen LogP contribution >= 0.6 is 0 Å². The van der Waals surface area contributed by atoms with E-state index in [1.54, 1.807) is 0 Å². The molecule has 0 aliphatic carbocycles. The second-order valence-electron chi connectivity index (χ2n) is 3.70. The van der Waals surface area contributed by atoms with E-state index in [1.165, 1.54) is 5.52 Å². The van der Waals surface area contributed by atoms with Crippen molar-refractivity contribution in [1.82, 2.24) is 4.57 Å². The molecular weight excluding hydrogens is 176 g/mol. The molecule has 2 N–H and O–H groups in total. The summed E-state index contributed by atoms with van der Waals surface area (Å²) in [5.74, 6) is 0. The fourth-order valence-corrected chi connectivity index (χ4v) is 1.80. The van der Waals surface area contributed by atoms with Crippen molar-refractivity contribution in [3.8, 4) is 0 Å². The molecule has 0 radical (unpaired) electrons. The number of nitrogens with zero attached hydrogens (tertiary/aromatic N) is 1. The van der Waals surface area contributed by atoms with E-state index in [9.17, 15) is 0 Å². The van der Waals surface area contributed by atoms with Gasteiger partial charge in [0.15, 0.2) is 0 Å². The molecule has 1 fully saturated rings. The molecule has 1 unspecified atom stereocenters. The quantitative estimate of drug-likeness (QED) is 0.575. The summed E-state index contributed by atoms with van der Waals surface area (Å²) in [5.41, 5.74) is 7.91. The molecule has 3 heteroatoms. The van der Waals surface area contributed by atoms with E-state index in [1.807, 2.05) is 12.1 Å². The number of aromatic nitrogens is 1. The van der Waals surface area contributed by atoms with Crippen molar-refractivity contribution >= 4 is 16.6 Å². The Morgan fingerprint density at radius 3 is 3.07 bits per heavy atom. The highest BCUT2D eigenvalue weighted by atomic mass is 16.6. The fraction of sp³-hybridized carbons (Fsp3) is 0.273. The van der Waals surface area contributed by atoms with Crippen molar-refractivity contribution < 1.29 is 4.74 Å². The fourth-order valence-electron chi connectivity index (χ4n) is 1.80. The smallest absolute Gasteiger partial charge is 0.0988 e. The maximum atomic E-state index is 5.87. The van der Waals surface area contributed by atoms with E-state index >= 15 is 0 Å². The lowest BCUT2D eigenvalue weighted by Gasteiger charge is -2.02. The van der Waals surface area contributed by atoms with E-state index < -0.39 is 0 Å². The first-order valence-electron chi connectivity index (χ1n) is 4.79. The number of rotatable bonds is 2. The molecule has 14 heavy (non-hydrogen) atoms. The Hall–Kier alpha value is -1.48. The Morgan fingerprint density at radius 2 is 2.29 bits per heavy atom. The first-order valence-corrected chi connectivity index (χ1v) is 4.79. The Bertz CT molecular complexity index is 471. The zero-order valence-electron chi connectivity index (χ0n) is 7.81. The highest BCUT2D eigenvalue weighted by molar-refractivity contribution is 5.91. The minimum Gasteiger partial charge on any atom is -0.398 e. The van der Waals surface area contributed by atoms with Gasteiger partial charge in [-0.2, -0.15) is 0 Å². The lowest BCUT2D eigenvalue weighted by molar-refractivity contribution is 0.385. The third-order valence-corrected chi connectivity index (χ3v) is 2.65. The number of benzene rings is 1. The van der Waals surface area contributed by atoms with Crippen LogP contribution in [0.4, 0.5) is 5.69 Å². The van der Waals surface area contributed by atoms with Crippen LogP contribution in [0, 0.1) is 0 Å². The van der Waals surface area contributed by atoms with Crippen LogP contribution in [-0.4, -0.2) is 17.3 Å². The SMILES string of the molecule is Nc1cccc2c1ccn2CC1CO1. The van der Waals surface area contributed by atoms with Gasteiger partial charge in [-0.3, -0.25) is 0 Å². The van der Waals surface area contributed by atoms with Gasteiger partial charge in [0, 0.05) is 17.3 Å². The molecule has 1 atom stereocenters. The molecule has 3 nitrogen and oxygen atoms in total. The Kier molecular flexibility index (Phi) is 1.55. The molecular formula is C11H12N2O. The number of nitrogen functional groups attached to an aromatic ring is 1. The number of anilines is 1. The van der Waals surface area contributed by atoms with Crippen LogP contribution in [0.2, 0.25) is 0 Å². The summed E-state index contributed by atoms with van der Waals surface area (Å²) < 4.78 is 7.41. The van der Waals surface area contributed by atoms with Crippen LogP contribution in [0.1, 0.15) is 0 Å². The molecule has 2 aromatic rings. The average molecular weight is 188 g/mol. The molecule has 3 rings (SSSR count). The largest absolute Gasteiger partial charge is 0.398 e. The van der Waals surface area contributed by atoms with Crippen molar-refractivity contribution in [2.24, 2.45) is 0 Å². The molecule has 1 aliphatic rings. The van der Waals surface area contributed by atoms with Gasteiger partial charge in [0.25, 0.3) is 0 Å². The van der Waals surface area contributed by atoms with E-state index in [0.717, 1.165) is 24.2 Å². The predicted octanol–water partition coefficient (Wildman–Crippen LogP) is 1.62. The standard InChI is InChI=1S/C11H12N2O/c12-10-2-1-3-11-9(10)4-5-13(11)6-8-7-14-8/h1-5,8H,6-7,12H2. The highest BCUT2D eigenvalue weighted by Gasteiger charge is 2.23. The summed E-state index contributed by atoms with van der Waals surface area (Å²) in [4.78, 5) is 0. The van der Waals surface area contributed by atoms with Crippen LogP contribution in [0.25, 0.3) is 10.9 Å². The zero-order valence-corrected chi connectivity index (χ0v) is 7.81. The summed E-state index contributed by atoms with van der Waals surface area (Å²) in [6.07, 6.45) is 2.48. The summed E-state index contributed by atoms with van der Waals surface area (Å²) in [6.45, 7) is 1.83. The second-order valence-corrected chi connectivity index (χ2v) is 3.70. The van der Waals surface area contributed by atoms with E-state index in [2.05, 4.69) is 22.9 Å². The maximum Gasteiger partial charge on any atom is 0.0988 e. The van der Waals surface area contributed by atoms with Gasteiger partial charge in [0.05, 0.1) is 24.8 Å². The lowest BCUT2D eigenvalue weighted by Crippen LogP contribution is -2.01. The summed E-state index contributed by atoms with van der Waals surface area (Å²) >= 11 is 0. The van der Waals surface area contributed by atoms with Crippen LogP contribution in [0.15, 0.2) is 30.5 Å². The second kappa shape index (κ2) is 2.75. The van der Waals surface area contributed by atoms with Crippen LogP contribution in [-0.2, 0) is 11.3 Å². The Labute approximate surface area is 82.1 Å². The Morgan fingerprint density at radius 1 is 1.43 bits per heavy atom. The normalized spacial score (nSPS) is 20.1. The summed E-state index contributed by atoms with van der Waals surface area (Å²) in [6, 6.07) is 8.07. The van der Waals surface area contributed by atoms with Crippen LogP contribution < -0.4 is 5.73 Å². The van der Waals surface area contributed by atoms with Crippen LogP contribution in [0.5, 0.6) is 0 Å². The Balaban J connectivity index is 2.10. The first kappa shape index (κ1) is 7.88. The monoisotopic (exact) mass is 188 g/mol. The van der Waals surface area contributed by atoms with Gasteiger partial charge in [0.2, 0.25) is 0 Å². The molecule has 0 spiro atoms. The molecule has 2 heterocycles. The van der Waals surface area contributed by atoms with Gasteiger partial charge >= 0.3 is 0 Å². The van der Waals surface area contributed by atoms with Gasteiger partial charge in [0.1, 0.15) is 0 Å². The average Bonchev–Trinajstić information content (AvgIpc) is 2.88. The van der Waals surface area contributed by atoms with E-state index in [-0.39, 0.29) is 0 Å². The molecule has 1 saturated heterocycles. The van der Waals surface area contributed by atoms with Gasteiger partial charge in [-0.1, -0.05) is 6.07 Å². The predicted molar refractivity (Wildman–Crippen MR) is 56.1 cm³/mol. The number of nitrogens with two attached hydrogens (primary N) is 1. The number of ether oxygens (including phenoxy) is 1. The summed E-state index contributed by atoms with van der Waals surface area (Å²) in [7, 11) is 0. The van der Waals surface area contributed by atoms with Crippen molar-refractivity contribution in [2.45, 2.75) is 12.6 Å². The van der Waals surface area contributed by atoms with Crippen molar-refractivity contribution in [3.63, 3.8) is 0 Å². The molecule has 0 saturated carbocycles. The minimum absolute atomic E-state index is 0.409. The highest BCUT2D eigenvalue weighted by Crippen LogP contribution is 2.23. The third kappa shape index (κ3) is 1.17. The number of hydrogen-bond acceptors (Lipinski definition) is 2. The molecule has 0 bridgehead atoms. The minimum atomic E-state index is 0.409. The van der Waals surface area contributed by atoms with Crippen molar-refractivity contribution in [2.75, 3.05) is 12.3 Å². The van der Waals surface area contributed by atoms with Gasteiger partial charge < -0.3 is 15.0 Å². The number of hydrogen-bond donors (Lipinski definition) is 1. The molecule has 0 amide bonds. The topological polar surface area (TPSA) is 43.5 Å². The third-order valence-electron chi connectivity index (χ3n) is 2.65. The van der Waals surface area contributed by atoms with E-state index in [4.69, 9.17) is 10.5 Å². The number of fused-ring (bicyclic) bond motifs is 1. The van der Waals surface area contributed by atoms with Crippen molar-refractivity contribution in [3.05, 3.63) is 30.5 Å². The number of epoxide rings is 1. The van der Waals surface area contributed by atoms with E-state index in [0.29, 0.717) is 6.10 Å². The maximum absolute atomic E-state index is 5.87. The molecule has 72 valence electrons. The molecule has 1 aromatic carbocycles. The van der Waals surface area contributed by atoms with Gasteiger partial charge in [-0.05, 0) is 18.2 Å². The van der Waals surface area contributed by atoms with Crippen LogP contribution in [0.3, 0.4) is 0 Å². The summed E-state index contributed by atoms with van der Waals surface area (Å²) in [5, 5.41) is 1.13. The molecule has 1 aliphatic heterocycles. The van der Waals surface area contributed by atoms with Gasteiger partial charge in [-0.25, -0.2) is 0 Å². The van der Waals surface area contributed by atoms with Gasteiger partial charge in [-0.15, -0.1) is 0 Å². The first-order chi connectivity index (χ1) is 6.84. The molecule has 1 aromatic heterocycles. The lowest BCUT2D eigenvalue weighted by atomic mass is 10.2.